The van der Waals surface area contributed by atoms with Gasteiger partial charge in [0, 0.05) is 0 Å². The van der Waals surface area contributed by atoms with E-state index >= 15 is 0 Å². The van der Waals surface area contributed by atoms with Crippen LogP contribution in [-0.4, -0.2) is 35.1 Å². The maximum Gasteiger partial charge on any atom is 0.243 e. The number of epoxide rings is 2. The van der Waals surface area contributed by atoms with Crippen molar-refractivity contribution in [2.24, 2.45) is 0 Å². The van der Waals surface area contributed by atoms with Crippen molar-refractivity contribution in [3.05, 3.63) is 34.0 Å². The van der Waals surface area contributed by atoms with Crippen molar-refractivity contribution in [3.8, 4) is 0 Å². The Hall–Kier alpha value is -1.67. The summed E-state index contributed by atoms with van der Waals surface area (Å²) in [4.78, 5) is 8.25. The molecule has 2 aliphatic rings. The van der Waals surface area contributed by atoms with Crippen LogP contribution in [0.2, 0.25) is 0 Å². The molecule has 0 aromatic carbocycles. The molecule has 2 unspecified atom stereocenters. The van der Waals surface area contributed by atoms with Crippen molar-refractivity contribution >= 4 is 0 Å². The second-order valence-electron chi connectivity index (χ2n) is 3.94. The van der Waals surface area contributed by atoms with Crippen molar-refractivity contribution < 1.29 is 19.1 Å². The molecule has 0 amide bonds. The van der Waals surface area contributed by atoms with E-state index < -0.39 is 5.09 Å². The van der Waals surface area contributed by atoms with Crippen molar-refractivity contribution in [2.75, 3.05) is 13.2 Å². The monoisotopic (exact) mass is 243 g/mol. The SMILES string of the molecule is O=[N+]([O-])[O-].c1c[n+](CC2CO2)cn1CC1CO1. The molecule has 0 N–H and O–H groups in total. The Balaban J connectivity index is 0.000000239. The van der Waals surface area contributed by atoms with E-state index in [0.717, 1.165) is 26.3 Å². The van der Waals surface area contributed by atoms with Crippen LogP contribution >= 0.6 is 0 Å². The number of nitrogens with zero attached hydrogens (tertiary/aromatic N) is 3. The molecule has 17 heavy (non-hydrogen) atoms. The zero-order valence-corrected chi connectivity index (χ0v) is 9.10. The average Bonchev–Trinajstić information content (AvgIpc) is 3.09. The molecular formula is C9H13N3O5. The predicted molar refractivity (Wildman–Crippen MR) is 54.5 cm³/mol. The largest absolute Gasteiger partial charge is 0.369 e. The molecule has 2 aliphatic heterocycles. The molecule has 2 saturated heterocycles. The lowest BCUT2D eigenvalue weighted by Gasteiger charge is -1.90. The van der Waals surface area contributed by atoms with Gasteiger partial charge in [-0.3, -0.25) is 0 Å². The molecule has 0 radical (unpaired) electrons. The van der Waals surface area contributed by atoms with Gasteiger partial charge < -0.3 is 24.8 Å². The maximum absolute atomic E-state index is 8.25. The Morgan fingerprint density at radius 3 is 2.47 bits per heavy atom. The fraction of sp³-hybridized carbons (Fsp3) is 0.667. The molecule has 0 bridgehead atoms. The fourth-order valence-electron chi connectivity index (χ4n) is 1.47. The van der Waals surface area contributed by atoms with Gasteiger partial charge in [-0.25, -0.2) is 9.13 Å². The average molecular weight is 243 g/mol. The van der Waals surface area contributed by atoms with E-state index in [4.69, 9.17) is 24.8 Å². The molecule has 0 spiro atoms. The molecule has 0 saturated carbocycles. The van der Waals surface area contributed by atoms with Gasteiger partial charge in [0.2, 0.25) is 6.33 Å². The van der Waals surface area contributed by atoms with Gasteiger partial charge in [-0.1, -0.05) is 0 Å². The smallest absolute Gasteiger partial charge is 0.243 e. The molecule has 8 nitrogen and oxygen atoms in total. The third-order valence-electron chi connectivity index (χ3n) is 2.38. The van der Waals surface area contributed by atoms with Crippen LogP contribution in [-0.2, 0) is 22.6 Å². The first kappa shape index (κ1) is 11.8. The summed E-state index contributed by atoms with van der Waals surface area (Å²) in [6.45, 7) is 3.81. The highest BCUT2D eigenvalue weighted by molar-refractivity contribution is 4.75. The van der Waals surface area contributed by atoms with Crippen molar-refractivity contribution in [2.45, 2.75) is 25.3 Å². The predicted octanol–water partition coefficient (Wildman–Crippen LogP) is -0.666. The third-order valence-corrected chi connectivity index (χ3v) is 2.38. The Labute approximate surface area is 97.1 Å². The highest BCUT2D eigenvalue weighted by Crippen LogP contribution is 2.11. The quantitative estimate of drug-likeness (QED) is 0.302. The van der Waals surface area contributed by atoms with Crippen LogP contribution in [0.5, 0.6) is 0 Å². The number of rotatable bonds is 4. The first-order valence-corrected chi connectivity index (χ1v) is 5.23. The standard InChI is InChI=1S/C9H13N2O2.NO3/c1-2-11(4-9-6-13-9)7-10(1)3-8-5-12-8;2-1(3)4/h1-2,7-9H,3-6H2;/q+1;-1. The molecular weight excluding hydrogens is 230 g/mol. The van der Waals surface area contributed by atoms with Gasteiger partial charge >= 0.3 is 0 Å². The minimum Gasteiger partial charge on any atom is -0.369 e. The third kappa shape index (κ3) is 4.79. The fourth-order valence-corrected chi connectivity index (χ4v) is 1.47. The summed E-state index contributed by atoms with van der Waals surface area (Å²) in [6.07, 6.45) is 7.20. The zero-order chi connectivity index (χ0) is 12.3. The van der Waals surface area contributed by atoms with E-state index in [0.29, 0.717) is 12.2 Å². The Morgan fingerprint density at radius 1 is 1.35 bits per heavy atom. The normalized spacial score (nSPS) is 24.7. The minimum atomic E-state index is -1.75. The Kier molecular flexibility index (Phi) is 3.55. The van der Waals surface area contributed by atoms with Gasteiger partial charge in [-0.05, 0) is 0 Å². The second kappa shape index (κ2) is 5.11. The molecule has 1 aromatic rings. The Bertz CT molecular complexity index is 353. The summed E-state index contributed by atoms with van der Waals surface area (Å²) in [6, 6.07) is 0. The van der Waals surface area contributed by atoms with E-state index in [2.05, 4.69) is 27.9 Å². The summed E-state index contributed by atoms with van der Waals surface area (Å²) in [5.74, 6) is 0. The van der Waals surface area contributed by atoms with E-state index in [1.807, 2.05) is 0 Å². The second-order valence-corrected chi connectivity index (χ2v) is 3.94. The van der Waals surface area contributed by atoms with Crippen LogP contribution in [0.15, 0.2) is 18.7 Å². The maximum atomic E-state index is 8.25. The topological polar surface area (TPSA) is 100 Å². The molecule has 8 heteroatoms. The van der Waals surface area contributed by atoms with E-state index in [-0.39, 0.29) is 0 Å². The van der Waals surface area contributed by atoms with Crippen LogP contribution in [0, 0.1) is 15.3 Å². The van der Waals surface area contributed by atoms with E-state index in [1.165, 1.54) is 0 Å². The van der Waals surface area contributed by atoms with Gasteiger partial charge in [0.15, 0.2) is 0 Å². The van der Waals surface area contributed by atoms with Gasteiger partial charge in [-0.2, -0.15) is 0 Å². The lowest BCUT2D eigenvalue weighted by atomic mass is 10.5. The zero-order valence-electron chi connectivity index (χ0n) is 9.10. The molecule has 2 atom stereocenters. The lowest BCUT2D eigenvalue weighted by Crippen LogP contribution is -2.34. The number of aromatic nitrogens is 2. The number of imidazole rings is 1. The number of hydrogen-bond donors (Lipinski definition) is 0. The minimum absolute atomic E-state index is 0.457. The molecule has 0 aliphatic carbocycles. The molecule has 2 fully saturated rings. The summed E-state index contributed by atoms with van der Waals surface area (Å²) < 4.78 is 14.7. The lowest BCUT2D eigenvalue weighted by molar-refractivity contribution is -0.697. The van der Waals surface area contributed by atoms with Crippen LogP contribution in [0.25, 0.3) is 0 Å². The van der Waals surface area contributed by atoms with Crippen molar-refractivity contribution in [3.63, 3.8) is 0 Å². The van der Waals surface area contributed by atoms with Crippen LogP contribution in [0.4, 0.5) is 0 Å². The summed E-state index contributed by atoms with van der Waals surface area (Å²) in [5.41, 5.74) is 0. The van der Waals surface area contributed by atoms with Gasteiger partial charge in [-0.15, -0.1) is 0 Å². The van der Waals surface area contributed by atoms with Crippen molar-refractivity contribution in [1.29, 1.82) is 0 Å². The summed E-state index contributed by atoms with van der Waals surface area (Å²) in [5, 5.41) is 14.8. The van der Waals surface area contributed by atoms with Gasteiger partial charge in [0.25, 0.3) is 0 Å². The van der Waals surface area contributed by atoms with E-state index in [1.54, 1.807) is 0 Å². The first-order valence-electron chi connectivity index (χ1n) is 5.23. The Morgan fingerprint density at radius 2 is 1.94 bits per heavy atom. The van der Waals surface area contributed by atoms with Gasteiger partial charge in [0.05, 0.1) is 18.3 Å². The molecule has 1 aromatic heterocycles. The van der Waals surface area contributed by atoms with Gasteiger partial charge in [0.1, 0.15) is 37.7 Å². The van der Waals surface area contributed by atoms with Crippen molar-refractivity contribution in [1.82, 2.24) is 4.57 Å². The number of hydrogen-bond acceptors (Lipinski definition) is 5. The highest BCUT2D eigenvalue weighted by Gasteiger charge is 2.27. The van der Waals surface area contributed by atoms with Crippen LogP contribution in [0.3, 0.4) is 0 Å². The first-order chi connectivity index (χ1) is 8.13. The summed E-state index contributed by atoms with van der Waals surface area (Å²) >= 11 is 0. The van der Waals surface area contributed by atoms with Crippen LogP contribution in [0.1, 0.15) is 0 Å². The molecule has 3 rings (SSSR count). The summed E-state index contributed by atoms with van der Waals surface area (Å²) in [7, 11) is 0. The molecule has 3 heterocycles. The van der Waals surface area contributed by atoms with E-state index in [9.17, 15) is 0 Å². The van der Waals surface area contributed by atoms with Crippen LogP contribution < -0.4 is 4.57 Å². The number of ether oxygens (including phenoxy) is 2. The highest BCUT2D eigenvalue weighted by atomic mass is 16.9. The molecule has 94 valence electrons.